The minimum Gasteiger partial charge on any atom is -0.590 e. The van der Waals surface area contributed by atoms with E-state index in [-0.39, 0.29) is 0 Å². The van der Waals surface area contributed by atoms with Gasteiger partial charge in [0.1, 0.15) is 0 Å². The summed E-state index contributed by atoms with van der Waals surface area (Å²) in [6.07, 6.45) is 0. The first-order chi connectivity index (χ1) is 4.34. The Hall–Kier alpha value is 0.01000. The van der Waals surface area contributed by atoms with Gasteiger partial charge in [-0.2, -0.15) is 0 Å². The Labute approximate surface area is 58.8 Å². The lowest BCUT2D eigenvalue weighted by Gasteiger charge is -2.07. The Morgan fingerprint density at radius 2 is 1.80 bits per heavy atom. The molecule has 0 spiro atoms. The van der Waals surface area contributed by atoms with Gasteiger partial charge in [-0.3, -0.25) is 0 Å². The number of hydrogen-bond donors (Lipinski definition) is 2. The predicted molar refractivity (Wildman–Crippen MR) is 27.6 cm³/mol. The molecule has 0 aromatic carbocycles. The summed E-state index contributed by atoms with van der Waals surface area (Å²) in [6, 6.07) is 0. The molecule has 0 aliphatic rings. The van der Waals surface area contributed by atoms with Gasteiger partial charge in [0.05, 0.1) is 0 Å². The number of alkyl halides is 3. The van der Waals surface area contributed by atoms with E-state index < -0.39 is 27.8 Å². The van der Waals surface area contributed by atoms with E-state index in [9.17, 15) is 26.1 Å². The van der Waals surface area contributed by atoms with Crippen LogP contribution < -0.4 is 4.13 Å². The van der Waals surface area contributed by atoms with Gasteiger partial charge in [-0.1, -0.05) is 0 Å². The van der Waals surface area contributed by atoms with Crippen LogP contribution in [-0.2, 0) is 22.3 Å². The maximum atomic E-state index is 11.2. The van der Waals surface area contributed by atoms with E-state index in [4.69, 9.17) is 0 Å². The van der Waals surface area contributed by atoms with E-state index in [1.807, 2.05) is 0 Å². The molecule has 0 saturated carbocycles. The van der Waals surface area contributed by atoms with Crippen LogP contribution in [0.1, 0.15) is 0 Å². The van der Waals surface area contributed by atoms with Crippen LogP contribution in [0, 0.1) is 0 Å². The standard InChI is InChI=1S/CH2F3NO3S2/c2-1(3,4)9(6)5-10(7)8/h10H,(H,5,7,8). The van der Waals surface area contributed by atoms with Gasteiger partial charge >= 0.3 is 5.51 Å². The molecule has 1 unspecified atom stereocenters. The number of thiol groups is 1. The fraction of sp³-hybridized carbons (Fsp3) is 1.00. The summed E-state index contributed by atoms with van der Waals surface area (Å²) in [5.74, 6) is 0. The molecule has 0 rings (SSSR count). The monoisotopic (exact) mass is 197 g/mol. The molecule has 0 fully saturated rings. The molecule has 1 N–H and O–H groups in total. The highest BCUT2D eigenvalue weighted by Crippen LogP contribution is 2.20. The topological polar surface area (TPSA) is 69.2 Å². The molecule has 1 atom stereocenters. The average Bonchev–Trinajstić information content (AvgIpc) is 1.60. The van der Waals surface area contributed by atoms with Crippen molar-refractivity contribution in [1.82, 2.24) is 4.13 Å². The van der Waals surface area contributed by atoms with Crippen molar-refractivity contribution in [3.8, 4) is 0 Å². The highest BCUT2D eigenvalue weighted by atomic mass is 32.3. The van der Waals surface area contributed by atoms with Crippen LogP contribution in [0.25, 0.3) is 0 Å². The van der Waals surface area contributed by atoms with Crippen molar-refractivity contribution >= 4 is 22.3 Å². The van der Waals surface area contributed by atoms with E-state index in [1.54, 1.807) is 0 Å². The molecular formula is CH2F3NO3S2. The van der Waals surface area contributed by atoms with Gasteiger partial charge in [0.2, 0.25) is 10.9 Å². The van der Waals surface area contributed by atoms with Gasteiger partial charge in [-0.25, -0.2) is 8.42 Å². The molecular weight excluding hydrogens is 195 g/mol. The Kier molecular flexibility index (Phi) is 3.42. The highest BCUT2D eigenvalue weighted by Gasteiger charge is 2.46. The van der Waals surface area contributed by atoms with Crippen molar-refractivity contribution in [2.24, 2.45) is 0 Å². The highest BCUT2D eigenvalue weighted by molar-refractivity contribution is 7.98. The first kappa shape index (κ1) is 10.0. The lowest BCUT2D eigenvalue weighted by molar-refractivity contribution is -0.0440. The minimum atomic E-state index is -5.03. The summed E-state index contributed by atoms with van der Waals surface area (Å²) in [4.78, 5) is 0. The summed E-state index contributed by atoms with van der Waals surface area (Å²) in [7, 11) is -3.47. The number of rotatable bonds is 2. The quantitative estimate of drug-likeness (QED) is 0.453. The van der Waals surface area contributed by atoms with Gasteiger partial charge in [0.25, 0.3) is 0 Å². The van der Waals surface area contributed by atoms with Gasteiger partial charge in [0, 0.05) is 0 Å². The van der Waals surface area contributed by atoms with Crippen LogP contribution in [0.3, 0.4) is 0 Å². The first-order valence-corrected chi connectivity index (χ1v) is 4.06. The second-order valence-electron chi connectivity index (χ2n) is 1.06. The normalized spacial score (nSPS) is 15.7. The SMILES string of the molecule is O=[SH](=O)N[S+]([O-])C(F)(F)F. The summed E-state index contributed by atoms with van der Waals surface area (Å²) >= 11 is -3.51. The maximum absolute atomic E-state index is 11.2. The molecule has 9 heteroatoms. The Morgan fingerprint density at radius 1 is 1.40 bits per heavy atom. The van der Waals surface area contributed by atoms with Crippen molar-refractivity contribution in [3.05, 3.63) is 0 Å². The van der Waals surface area contributed by atoms with Gasteiger partial charge in [-0.05, 0) is 4.13 Å². The van der Waals surface area contributed by atoms with Crippen LogP contribution in [0.2, 0.25) is 0 Å². The van der Waals surface area contributed by atoms with Crippen LogP contribution >= 0.6 is 0 Å². The number of nitrogens with one attached hydrogen (secondary N) is 1. The molecule has 0 amide bonds. The fourth-order valence-electron chi connectivity index (χ4n) is 0.119. The molecule has 62 valence electrons. The molecule has 0 aliphatic heterocycles. The molecule has 0 aromatic rings. The molecule has 10 heavy (non-hydrogen) atoms. The van der Waals surface area contributed by atoms with Crippen molar-refractivity contribution in [1.29, 1.82) is 0 Å². The van der Waals surface area contributed by atoms with E-state index >= 15 is 0 Å². The Balaban J connectivity index is 3.97. The average molecular weight is 197 g/mol. The third-order valence-corrected chi connectivity index (χ3v) is 2.05. The summed E-state index contributed by atoms with van der Waals surface area (Å²) in [6.45, 7) is 0. The largest absolute Gasteiger partial charge is 0.593 e. The summed E-state index contributed by atoms with van der Waals surface area (Å²) in [5.41, 5.74) is -5.03. The zero-order chi connectivity index (χ0) is 8.36. The summed E-state index contributed by atoms with van der Waals surface area (Å²) < 4.78 is 63.1. The fourth-order valence-corrected chi connectivity index (χ4v) is 1.08. The van der Waals surface area contributed by atoms with Crippen LogP contribution in [0.5, 0.6) is 0 Å². The van der Waals surface area contributed by atoms with E-state index in [2.05, 4.69) is 0 Å². The molecule has 4 nitrogen and oxygen atoms in total. The lowest BCUT2D eigenvalue weighted by Crippen LogP contribution is -2.35. The minimum absolute atomic E-state index is 0.784. The zero-order valence-electron chi connectivity index (χ0n) is 4.21. The first-order valence-electron chi connectivity index (χ1n) is 1.73. The number of halogens is 3. The number of hydrogen-bond acceptors (Lipinski definition) is 3. The van der Waals surface area contributed by atoms with E-state index in [1.165, 1.54) is 0 Å². The molecule has 0 saturated heterocycles. The van der Waals surface area contributed by atoms with Crippen LogP contribution in [-0.4, -0.2) is 18.5 Å². The van der Waals surface area contributed by atoms with E-state index in [0.717, 1.165) is 4.13 Å². The lowest BCUT2D eigenvalue weighted by atomic mass is 11.6. The predicted octanol–water partition coefficient (Wildman–Crippen LogP) is -0.714. The van der Waals surface area contributed by atoms with Crippen molar-refractivity contribution < 1.29 is 26.1 Å². The third kappa shape index (κ3) is 3.93. The van der Waals surface area contributed by atoms with Crippen LogP contribution in [0.15, 0.2) is 0 Å². The smallest absolute Gasteiger partial charge is 0.590 e. The van der Waals surface area contributed by atoms with Gasteiger partial charge < -0.3 is 4.55 Å². The second kappa shape index (κ2) is 3.42. The molecule has 0 radical (unpaired) electrons. The van der Waals surface area contributed by atoms with Crippen molar-refractivity contribution in [3.63, 3.8) is 0 Å². The Morgan fingerprint density at radius 3 is 1.90 bits per heavy atom. The Bertz CT molecular complexity index is 167. The molecule has 0 aromatic heterocycles. The summed E-state index contributed by atoms with van der Waals surface area (Å²) in [5, 5.41) is 0. The van der Waals surface area contributed by atoms with Crippen molar-refractivity contribution in [2.45, 2.75) is 5.51 Å². The molecule has 0 bridgehead atoms. The molecule has 0 heterocycles. The zero-order valence-corrected chi connectivity index (χ0v) is 5.93. The van der Waals surface area contributed by atoms with Crippen molar-refractivity contribution in [2.75, 3.05) is 0 Å². The molecule has 0 aliphatic carbocycles. The van der Waals surface area contributed by atoms with Gasteiger partial charge in [-0.15, -0.1) is 13.2 Å². The van der Waals surface area contributed by atoms with E-state index in [0.29, 0.717) is 0 Å². The second-order valence-corrected chi connectivity index (χ2v) is 3.31. The maximum Gasteiger partial charge on any atom is 0.593 e. The van der Waals surface area contributed by atoms with Crippen LogP contribution in [0.4, 0.5) is 13.2 Å². The third-order valence-electron chi connectivity index (χ3n) is 0.368. The van der Waals surface area contributed by atoms with Gasteiger partial charge in [0.15, 0.2) is 11.4 Å².